The number of aliphatic hydroxyl groups excluding tert-OH is 2. The van der Waals surface area contributed by atoms with Gasteiger partial charge in [0.25, 0.3) is 0 Å². The molecular formula is C21H22N6O4S. The number of aliphatic hydroxyl groups is 2. The van der Waals surface area contributed by atoms with Crippen molar-refractivity contribution >= 4 is 28.6 Å². The summed E-state index contributed by atoms with van der Waals surface area (Å²) in [6, 6.07) is 9.80. The van der Waals surface area contributed by atoms with Gasteiger partial charge in [0.2, 0.25) is 0 Å². The third kappa shape index (κ3) is 3.62. The molecule has 4 heterocycles. The van der Waals surface area contributed by atoms with Crippen molar-refractivity contribution in [1.29, 1.82) is 0 Å². The van der Waals surface area contributed by atoms with Crippen LogP contribution in [0.15, 0.2) is 47.4 Å². The summed E-state index contributed by atoms with van der Waals surface area (Å²) in [7, 11) is 0. The maximum absolute atomic E-state index is 10.6. The van der Waals surface area contributed by atoms with Gasteiger partial charge >= 0.3 is 0 Å². The lowest BCUT2D eigenvalue weighted by molar-refractivity contribution is -0.0361. The molecule has 10 nitrogen and oxygen atoms in total. The van der Waals surface area contributed by atoms with E-state index < -0.39 is 24.5 Å². The fraction of sp³-hybridized carbons (Fsp3) is 0.333. The van der Waals surface area contributed by atoms with Crippen LogP contribution in [-0.2, 0) is 10.5 Å². The fourth-order valence-electron chi connectivity index (χ4n) is 3.79. The first-order valence-corrected chi connectivity index (χ1v) is 11.2. The third-order valence-corrected chi connectivity index (χ3v) is 6.61. The molecule has 0 aliphatic carbocycles. The van der Waals surface area contributed by atoms with Gasteiger partial charge in [0.1, 0.15) is 24.4 Å². The second-order valence-electron chi connectivity index (χ2n) is 7.59. The average Bonchev–Trinajstić information content (AvgIpc) is 3.47. The molecular weight excluding hydrogens is 432 g/mol. The summed E-state index contributed by atoms with van der Waals surface area (Å²) in [6.45, 7) is 1.91. The minimum Gasteiger partial charge on any atom is -0.387 e. The molecule has 0 unspecified atom stereocenters. The summed E-state index contributed by atoms with van der Waals surface area (Å²) in [5.41, 5.74) is 9.08. The number of anilines is 1. The lowest BCUT2D eigenvalue weighted by atomic mass is 10.1. The van der Waals surface area contributed by atoms with E-state index in [0.717, 1.165) is 22.6 Å². The van der Waals surface area contributed by atoms with Crippen molar-refractivity contribution < 1.29 is 19.5 Å². The van der Waals surface area contributed by atoms with Crippen molar-refractivity contribution in [2.75, 3.05) is 11.5 Å². The molecule has 0 radical (unpaired) electrons. The second-order valence-corrected chi connectivity index (χ2v) is 8.62. The van der Waals surface area contributed by atoms with Gasteiger partial charge in [-0.1, -0.05) is 35.5 Å². The topological polar surface area (TPSA) is 145 Å². The predicted molar refractivity (Wildman–Crippen MR) is 118 cm³/mol. The maximum atomic E-state index is 10.6. The van der Waals surface area contributed by atoms with Gasteiger partial charge in [-0.15, -0.1) is 0 Å². The molecule has 0 bridgehead atoms. The Kier molecular flexibility index (Phi) is 5.55. The largest absolute Gasteiger partial charge is 0.387 e. The Morgan fingerprint density at radius 3 is 2.78 bits per heavy atom. The number of hydrogen-bond acceptors (Lipinski definition) is 10. The van der Waals surface area contributed by atoms with E-state index in [9.17, 15) is 10.2 Å². The van der Waals surface area contributed by atoms with Gasteiger partial charge in [0.05, 0.1) is 23.4 Å². The monoisotopic (exact) mass is 454 g/mol. The number of nitrogens with two attached hydrogens (primary N) is 1. The van der Waals surface area contributed by atoms with Gasteiger partial charge in [-0.05, 0) is 6.92 Å². The molecule has 1 aliphatic heterocycles. The van der Waals surface area contributed by atoms with Crippen LogP contribution >= 0.6 is 11.8 Å². The molecule has 1 fully saturated rings. The van der Waals surface area contributed by atoms with E-state index in [1.807, 2.05) is 37.3 Å². The molecule has 0 spiro atoms. The van der Waals surface area contributed by atoms with Crippen LogP contribution in [0.3, 0.4) is 0 Å². The molecule has 0 amide bonds. The van der Waals surface area contributed by atoms with Crippen molar-refractivity contribution in [1.82, 2.24) is 24.9 Å². The zero-order valence-electron chi connectivity index (χ0n) is 17.2. The van der Waals surface area contributed by atoms with Gasteiger partial charge in [0.15, 0.2) is 17.6 Å². The van der Waals surface area contributed by atoms with Gasteiger partial charge < -0.3 is 25.2 Å². The first kappa shape index (κ1) is 20.9. The molecule has 3 aromatic heterocycles. The van der Waals surface area contributed by atoms with Gasteiger partial charge in [0, 0.05) is 22.6 Å². The summed E-state index contributed by atoms with van der Waals surface area (Å²) in [5.74, 6) is 2.12. The van der Waals surface area contributed by atoms with Crippen molar-refractivity contribution in [3.05, 3.63) is 54.1 Å². The molecule has 0 saturated carbocycles. The van der Waals surface area contributed by atoms with Crippen LogP contribution in [0.4, 0.5) is 5.82 Å². The van der Waals surface area contributed by atoms with Gasteiger partial charge in [-0.25, -0.2) is 14.6 Å². The highest BCUT2D eigenvalue weighted by molar-refractivity contribution is 7.98. The average molecular weight is 455 g/mol. The van der Waals surface area contributed by atoms with E-state index in [4.69, 9.17) is 15.0 Å². The van der Waals surface area contributed by atoms with Crippen molar-refractivity contribution in [3.63, 3.8) is 0 Å². The molecule has 4 aromatic rings. The van der Waals surface area contributed by atoms with Crippen LogP contribution in [0.5, 0.6) is 0 Å². The van der Waals surface area contributed by atoms with Gasteiger partial charge in [-0.3, -0.25) is 0 Å². The van der Waals surface area contributed by atoms with Crippen LogP contribution in [-0.4, -0.2) is 59.2 Å². The van der Waals surface area contributed by atoms with Crippen LogP contribution in [0.2, 0.25) is 0 Å². The van der Waals surface area contributed by atoms with Crippen LogP contribution in [0.1, 0.15) is 17.5 Å². The fourth-order valence-corrected chi connectivity index (χ4v) is 4.96. The van der Waals surface area contributed by atoms with Crippen molar-refractivity contribution in [2.24, 2.45) is 0 Å². The number of ether oxygens (including phenoxy) is 1. The minimum absolute atomic E-state index is 0.291. The number of fused-ring (bicyclic) bond motifs is 1. The van der Waals surface area contributed by atoms with Crippen LogP contribution in [0.25, 0.3) is 22.4 Å². The number of aromatic nitrogens is 5. The SMILES string of the molecule is Cc1noc(-c2ccccc2)c1CSC[C@H]1O[C@@H](n2ncc3c(N)ncnc32)[C@H](O)[C@@H]1O. The Bertz CT molecular complexity index is 1230. The van der Waals surface area contributed by atoms with E-state index in [-0.39, 0.29) is 0 Å². The molecule has 4 atom stereocenters. The standard InChI is InChI=1S/C21H22N6O4S/c1-11-14(18(31-26-11)12-5-3-2-4-6-12)8-32-9-15-16(28)17(29)21(30-15)27-20-13(7-25-27)19(22)23-10-24-20/h2-7,10,15-17,21,28-29H,8-9H2,1H3,(H2,22,23,24)/t15-,16-,17-,21-/m1/s1. The van der Waals surface area contributed by atoms with E-state index in [2.05, 4.69) is 20.2 Å². The number of thioether (sulfide) groups is 1. The first-order valence-electron chi connectivity index (χ1n) is 10.1. The van der Waals surface area contributed by atoms with E-state index >= 15 is 0 Å². The lowest BCUT2D eigenvalue weighted by Gasteiger charge is -2.15. The van der Waals surface area contributed by atoms with E-state index in [0.29, 0.717) is 28.4 Å². The Balaban J connectivity index is 1.28. The summed E-state index contributed by atoms with van der Waals surface area (Å²) in [4.78, 5) is 8.13. The van der Waals surface area contributed by atoms with Gasteiger partial charge in [-0.2, -0.15) is 16.9 Å². The summed E-state index contributed by atoms with van der Waals surface area (Å²) >= 11 is 1.57. The summed E-state index contributed by atoms with van der Waals surface area (Å²) in [6.07, 6.45) is -0.833. The normalized spacial score (nSPS) is 23.2. The molecule has 1 saturated heterocycles. The summed E-state index contributed by atoms with van der Waals surface area (Å²) < 4.78 is 13.0. The maximum Gasteiger partial charge on any atom is 0.181 e. The minimum atomic E-state index is -1.16. The number of hydrogen-bond donors (Lipinski definition) is 3. The first-order chi connectivity index (χ1) is 15.5. The van der Waals surface area contributed by atoms with E-state index in [1.165, 1.54) is 17.2 Å². The van der Waals surface area contributed by atoms with Crippen LogP contribution in [0, 0.1) is 6.92 Å². The highest BCUT2D eigenvalue weighted by Crippen LogP contribution is 2.35. The number of nitrogens with zero attached hydrogens (tertiary/aromatic N) is 5. The highest BCUT2D eigenvalue weighted by Gasteiger charge is 2.44. The third-order valence-electron chi connectivity index (χ3n) is 5.55. The van der Waals surface area contributed by atoms with E-state index in [1.54, 1.807) is 11.8 Å². The number of rotatable bonds is 6. The Hall–Kier alpha value is -2.99. The predicted octanol–water partition coefficient (Wildman–Crippen LogP) is 1.92. The number of aryl methyl sites for hydroxylation is 1. The molecule has 5 rings (SSSR count). The number of nitrogen functional groups attached to an aromatic ring is 1. The Morgan fingerprint density at radius 1 is 1.16 bits per heavy atom. The lowest BCUT2D eigenvalue weighted by Crippen LogP contribution is -2.32. The van der Waals surface area contributed by atoms with Crippen molar-refractivity contribution in [2.45, 2.75) is 37.2 Å². The van der Waals surface area contributed by atoms with Crippen molar-refractivity contribution in [3.8, 4) is 11.3 Å². The smallest absolute Gasteiger partial charge is 0.181 e. The molecule has 1 aromatic carbocycles. The highest BCUT2D eigenvalue weighted by atomic mass is 32.2. The molecule has 11 heteroatoms. The summed E-state index contributed by atoms with van der Waals surface area (Å²) in [5, 5.41) is 30.1. The molecule has 1 aliphatic rings. The zero-order chi connectivity index (χ0) is 22.2. The second kappa shape index (κ2) is 8.51. The molecule has 4 N–H and O–H groups in total. The quantitative estimate of drug-likeness (QED) is 0.395. The Morgan fingerprint density at radius 2 is 1.97 bits per heavy atom. The van der Waals surface area contributed by atoms with Crippen LogP contribution < -0.4 is 5.73 Å². The molecule has 166 valence electrons. The number of benzene rings is 1. The zero-order valence-corrected chi connectivity index (χ0v) is 18.0. The molecule has 32 heavy (non-hydrogen) atoms. The Labute approximate surface area is 187 Å².